The predicted octanol–water partition coefficient (Wildman–Crippen LogP) is 12.3. The smallest absolute Gasteiger partial charge is 0.501 e. The largest absolute Gasteiger partial charge is 1.00 e. The van der Waals surface area contributed by atoms with Gasteiger partial charge in [0.05, 0.1) is 53.9 Å². The SMILES string of the molecule is CCCCCCCCCCCCC[N+](C)(C)CCC[Si](OCC)(OCC)OCC.CCCCCCCCCCCCC[N+](C)(CCCCCCCCCCCCC)CCC[Si](OCC)(OCC)OCC.[Cl-].[Cl-]. The van der Waals surface area contributed by atoms with E-state index in [1.165, 1.54) is 249 Å². The first kappa shape index (κ1) is 79.2. The lowest BCUT2D eigenvalue weighted by Gasteiger charge is -2.36. The number of hydrogen-bond acceptors (Lipinski definition) is 6. The Labute approximate surface area is 468 Å². The van der Waals surface area contributed by atoms with Gasteiger partial charge >= 0.3 is 17.6 Å². The average Bonchev–Trinajstić information content (AvgIpc) is 3.32. The fourth-order valence-electron chi connectivity index (χ4n) is 10.4. The molecule has 0 N–H and O–H groups in total. The second-order valence-corrected chi connectivity index (χ2v) is 27.4. The molecule has 0 fully saturated rings. The molecule has 72 heavy (non-hydrogen) atoms. The Balaban J connectivity index is -0.000000660. The Morgan fingerprint density at radius 3 is 0.653 bits per heavy atom. The lowest BCUT2D eigenvalue weighted by Crippen LogP contribution is -3.00. The molecule has 0 heterocycles. The molecular weight excluding hydrogens is 972 g/mol. The zero-order valence-corrected chi connectivity index (χ0v) is 54.6. The van der Waals surface area contributed by atoms with Crippen molar-refractivity contribution in [2.24, 2.45) is 0 Å². The Bertz CT molecular complexity index is 979. The molecule has 0 rings (SSSR count). The number of quaternary nitrogens is 2. The highest BCUT2D eigenvalue weighted by atomic mass is 35.5. The van der Waals surface area contributed by atoms with Gasteiger partial charge in [0.25, 0.3) is 0 Å². The third-order valence-electron chi connectivity index (χ3n) is 14.6. The molecule has 0 amide bonds. The van der Waals surface area contributed by atoms with Crippen molar-refractivity contribution in [3.8, 4) is 0 Å². The summed E-state index contributed by atoms with van der Waals surface area (Å²) in [5.74, 6) is 0. The molecular formula is C60H132Cl2N2O6Si2. The van der Waals surface area contributed by atoms with Gasteiger partial charge in [-0.15, -0.1) is 0 Å². The van der Waals surface area contributed by atoms with Crippen LogP contribution in [0.3, 0.4) is 0 Å². The summed E-state index contributed by atoms with van der Waals surface area (Å²) in [6.45, 7) is 29.5. The van der Waals surface area contributed by atoms with E-state index in [4.69, 9.17) is 26.6 Å². The van der Waals surface area contributed by atoms with Gasteiger partial charge in [0.15, 0.2) is 0 Å². The van der Waals surface area contributed by atoms with E-state index in [2.05, 4.69) is 62.7 Å². The second kappa shape index (κ2) is 57.9. The minimum Gasteiger partial charge on any atom is -1.00 e. The molecule has 0 unspecified atom stereocenters. The minimum atomic E-state index is -2.54. The zero-order valence-electron chi connectivity index (χ0n) is 51.0. The van der Waals surface area contributed by atoms with Gasteiger partial charge in [0.1, 0.15) is 0 Å². The molecule has 12 heteroatoms. The van der Waals surface area contributed by atoms with Crippen LogP contribution in [0.5, 0.6) is 0 Å². The van der Waals surface area contributed by atoms with Crippen LogP contribution >= 0.6 is 0 Å². The van der Waals surface area contributed by atoms with Gasteiger partial charge in [-0.3, -0.25) is 0 Å². The van der Waals surface area contributed by atoms with Crippen LogP contribution in [0.4, 0.5) is 0 Å². The van der Waals surface area contributed by atoms with E-state index in [0.29, 0.717) is 39.6 Å². The molecule has 0 aliphatic heterocycles. The van der Waals surface area contributed by atoms with Crippen molar-refractivity contribution in [2.45, 2.75) is 299 Å². The predicted molar refractivity (Wildman–Crippen MR) is 312 cm³/mol. The van der Waals surface area contributed by atoms with Crippen LogP contribution in [0, 0.1) is 0 Å². The van der Waals surface area contributed by atoms with E-state index in [-0.39, 0.29) is 24.8 Å². The molecule has 0 aromatic carbocycles. The van der Waals surface area contributed by atoms with Crippen molar-refractivity contribution < 1.29 is 60.3 Å². The lowest BCUT2D eigenvalue weighted by molar-refractivity contribution is -0.910. The number of unbranched alkanes of at least 4 members (excludes halogenated alkanes) is 30. The van der Waals surface area contributed by atoms with Crippen LogP contribution in [0.15, 0.2) is 0 Å². The summed E-state index contributed by atoms with van der Waals surface area (Å²) in [7, 11) is 2.24. The van der Waals surface area contributed by atoms with Crippen molar-refractivity contribution >= 4 is 17.6 Å². The van der Waals surface area contributed by atoms with E-state index in [0.717, 1.165) is 29.4 Å². The van der Waals surface area contributed by atoms with E-state index < -0.39 is 17.6 Å². The van der Waals surface area contributed by atoms with Crippen molar-refractivity contribution in [3.63, 3.8) is 0 Å². The van der Waals surface area contributed by atoms with E-state index >= 15 is 0 Å². The maximum absolute atomic E-state index is 6.16. The Kier molecular flexibility index (Phi) is 63.6. The molecule has 8 nitrogen and oxygen atoms in total. The molecule has 440 valence electrons. The number of rotatable bonds is 56. The molecule has 0 atom stereocenters. The quantitative estimate of drug-likeness (QED) is 0.0344. The highest BCUT2D eigenvalue weighted by molar-refractivity contribution is 6.61. The highest BCUT2D eigenvalue weighted by Gasteiger charge is 2.41. The fraction of sp³-hybridized carbons (Fsp3) is 1.00. The molecule has 0 saturated heterocycles. The Hall–Kier alpha value is 0.694. The number of hydrogen-bond donors (Lipinski definition) is 0. The summed E-state index contributed by atoms with van der Waals surface area (Å²) in [6.07, 6.45) is 49.0. The first-order chi connectivity index (χ1) is 34.0. The fourth-order valence-corrected chi connectivity index (χ4v) is 15.6. The first-order valence-corrected chi connectivity index (χ1v) is 35.3. The normalized spacial score (nSPS) is 12.2. The standard InChI is InChI=1S/C36H78NO3Si.C24H54NO3Si.2ClH/c1-7-12-14-16-18-20-22-24-26-28-30-33-37(6,34-31-29-27-25-23-21-19-17-15-13-8-2)35-32-36-41(38-9-3,39-10-4)40-11-5;1-7-11-12-13-14-15-16-17-18-19-20-22-25(5,6)23-21-24-29(26-8-2,27-9-3)28-10-4;;/h7-36H2,1-6H3;7-24H2,1-6H3;2*1H/q2*+1;;/p-2. The van der Waals surface area contributed by atoms with Crippen LogP contribution in [0.2, 0.25) is 12.1 Å². The molecule has 0 aromatic rings. The van der Waals surface area contributed by atoms with Crippen LogP contribution in [-0.4, -0.2) is 120 Å². The zero-order chi connectivity index (χ0) is 52.2. The maximum Gasteiger partial charge on any atom is 0.501 e. The van der Waals surface area contributed by atoms with Gasteiger partial charge in [-0.25, -0.2) is 0 Å². The third-order valence-corrected chi connectivity index (χ3v) is 20.9. The van der Waals surface area contributed by atoms with Crippen LogP contribution < -0.4 is 24.8 Å². The minimum absolute atomic E-state index is 0. The second-order valence-electron chi connectivity index (χ2n) is 22.0. The van der Waals surface area contributed by atoms with Crippen LogP contribution in [0.1, 0.15) is 287 Å². The summed E-state index contributed by atoms with van der Waals surface area (Å²) in [5, 5.41) is 0. The summed E-state index contributed by atoms with van der Waals surface area (Å²) in [5.41, 5.74) is 0. The van der Waals surface area contributed by atoms with Gasteiger partial charge in [0, 0.05) is 64.6 Å². The third kappa shape index (κ3) is 50.2. The van der Waals surface area contributed by atoms with E-state index in [9.17, 15) is 0 Å². The molecule has 0 aliphatic rings. The molecule has 0 bridgehead atoms. The summed E-state index contributed by atoms with van der Waals surface area (Å²) in [6, 6.07) is 1.88. The molecule has 0 aromatic heterocycles. The molecule has 0 radical (unpaired) electrons. The summed E-state index contributed by atoms with van der Waals surface area (Å²) < 4.78 is 38.7. The van der Waals surface area contributed by atoms with Gasteiger partial charge < -0.3 is 60.3 Å². The summed E-state index contributed by atoms with van der Waals surface area (Å²) in [4.78, 5) is 0. The van der Waals surface area contributed by atoms with Crippen LogP contribution in [-0.2, 0) is 26.6 Å². The van der Waals surface area contributed by atoms with Crippen molar-refractivity contribution in [3.05, 3.63) is 0 Å². The van der Waals surface area contributed by atoms with Crippen molar-refractivity contribution in [2.75, 3.05) is 93.5 Å². The number of nitrogens with zero attached hydrogens (tertiary/aromatic N) is 2. The Morgan fingerprint density at radius 1 is 0.236 bits per heavy atom. The van der Waals surface area contributed by atoms with Crippen molar-refractivity contribution in [1.82, 2.24) is 0 Å². The summed E-state index contributed by atoms with van der Waals surface area (Å²) >= 11 is 0. The van der Waals surface area contributed by atoms with Crippen LogP contribution in [0.25, 0.3) is 0 Å². The van der Waals surface area contributed by atoms with Crippen molar-refractivity contribution in [1.29, 1.82) is 0 Å². The van der Waals surface area contributed by atoms with Gasteiger partial charge in [-0.05, 0) is 80.1 Å². The molecule has 0 spiro atoms. The molecule has 0 saturated carbocycles. The topological polar surface area (TPSA) is 55.4 Å². The lowest BCUT2D eigenvalue weighted by atomic mass is 10.0. The first-order valence-electron chi connectivity index (χ1n) is 31.5. The monoisotopic (exact) mass is 1100 g/mol. The van der Waals surface area contributed by atoms with E-state index in [1.54, 1.807) is 0 Å². The number of halogens is 2. The maximum atomic E-state index is 6.16. The van der Waals surface area contributed by atoms with E-state index in [1.807, 2.05) is 20.8 Å². The highest BCUT2D eigenvalue weighted by Crippen LogP contribution is 2.23. The average molecular weight is 1100 g/mol. The van der Waals surface area contributed by atoms with Gasteiger partial charge in [-0.1, -0.05) is 194 Å². The Morgan fingerprint density at radius 2 is 0.417 bits per heavy atom. The molecule has 0 aliphatic carbocycles. The van der Waals surface area contributed by atoms with Gasteiger partial charge in [-0.2, -0.15) is 0 Å². The van der Waals surface area contributed by atoms with Gasteiger partial charge in [0.2, 0.25) is 0 Å².